The number of rotatable bonds is 6. The summed E-state index contributed by atoms with van der Waals surface area (Å²) in [5.41, 5.74) is 1.90. The van der Waals surface area contributed by atoms with Crippen molar-refractivity contribution in [2.75, 3.05) is 20.3 Å². The Morgan fingerprint density at radius 2 is 2.33 bits per heavy atom. The van der Waals surface area contributed by atoms with E-state index in [2.05, 4.69) is 14.9 Å². The topological polar surface area (TPSA) is 47.0 Å². The third-order valence-electron chi connectivity index (χ3n) is 2.42. The van der Waals surface area contributed by atoms with E-state index in [-0.39, 0.29) is 0 Å². The lowest BCUT2D eigenvalue weighted by Crippen LogP contribution is -2.18. The molecule has 6 heteroatoms. The Hall–Kier alpha value is -1.01. The van der Waals surface area contributed by atoms with Crippen LogP contribution >= 0.6 is 23.1 Å². The van der Waals surface area contributed by atoms with Crippen molar-refractivity contribution in [2.24, 2.45) is 0 Å². The van der Waals surface area contributed by atoms with Gasteiger partial charge in [-0.1, -0.05) is 28.2 Å². The van der Waals surface area contributed by atoms with Gasteiger partial charge in [0.15, 0.2) is 0 Å². The van der Waals surface area contributed by atoms with E-state index in [4.69, 9.17) is 16.3 Å². The molecule has 96 valence electrons. The van der Waals surface area contributed by atoms with E-state index in [0.717, 1.165) is 29.2 Å². The molecule has 0 amide bonds. The summed E-state index contributed by atoms with van der Waals surface area (Å²) in [5.74, 6) is 0. The minimum Gasteiger partial charge on any atom is -0.383 e. The van der Waals surface area contributed by atoms with Crippen molar-refractivity contribution in [2.45, 2.75) is 6.54 Å². The SMILES string of the molecule is COCCNCc1snnc1-c1cccc(Cl)c1. The predicted molar refractivity (Wildman–Crippen MR) is 73.9 cm³/mol. The zero-order valence-corrected chi connectivity index (χ0v) is 11.6. The number of ether oxygens (including phenoxy) is 1. The summed E-state index contributed by atoms with van der Waals surface area (Å²) in [7, 11) is 1.69. The summed E-state index contributed by atoms with van der Waals surface area (Å²) in [4.78, 5) is 1.10. The second-order valence-electron chi connectivity index (χ2n) is 3.72. The van der Waals surface area contributed by atoms with Gasteiger partial charge in [0.05, 0.1) is 11.5 Å². The van der Waals surface area contributed by atoms with Crippen LogP contribution in [0, 0.1) is 0 Å². The summed E-state index contributed by atoms with van der Waals surface area (Å²) in [6.45, 7) is 2.24. The van der Waals surface area contributed by atoms with Crippen molar-refractivity contribution in [3.63, 3.8) is 0 Å². The number of hydrogen-bond donors (Lipinski definition) is 1. The van der Waals surface area contributed by atoms with Crippen molar-refractivity contribution in [1.82, 2.24) is 14.9 Å². The minimum absolute atomic E-state index is 0.693. The van der Waals surface area contributed by atoms with Crippen LogP contribution in [0.4, 0.5) is 0 Å². The standard InChI is InChI=1S/C12H14ClN3OS/c1-17-6-5-14-8-11-12(15-16-18-11)9-3-2-4-10(13)7-9/h2-4,7,14H,5-6,8H2,1H3. The lowest BCUT2D eigenvalue weighted by molar-refractivity contribution is 0.199. The van der Waals surface area contributed by atoms with Crippen molar-refractivity contribution in [3.05, 3.63) is 34.2 Å². The first-order valence-electron chi connectivity index (χ1n) is 5.58. The Labute approximate surface area is 115 Å². The average molecular weight is 284 g/mol. The smallest absolute Gasteiger partial charge is 0.110 e. The normalized spacial score (nSPS) is 10.8. The van der Waals surface area contributed by atoms with Gasteiger partial charge in [-0.3, -0.25) is 0 Å². The summed E-state index contributed by atoms with van der Waals surface area (Å²) in [6, 6.07) is 7.65. The van der Waals surface area contributed by atoms with Crippen LogP contribution in [0.1, 0.15) is 4.88 Å². The maximum atomic E-state index is 5.98. The van der Waals surface area contributed by atoms with Gasteiger partial charge in [0, 0.05) is 30.8 Å². The van der Waals surface area contributed by atoms with Crippen LogP contribution in [-0.2, 0) is 11.3 Å². The highest BCUT2D eigenvalue weighted by atomic mass is 35.5. The zero-order valence-electron chi connectivity index (χ0n) is 10.0. The van der Waals surface area contributed by atoms with Gasteiger partial charge in [0.25, 0.3) is 0 Å². The molecule has 0 radical (unpaired) electrons. The summed E-state index contributed by atoms with van der Waals surface area (Å²) >= 11 is 7.38. The Balaban J connectivity index is 2.08. The Bertz CT molecular complexity index is 504. The van der Waals surface area contributed by atoms with Crippen LogP contribution < -0.4 is 5.32 Å². The van der Waals surface area contributed by atoms with Gasteiger partial charge < -0.3 is 10.1 Å². The summed E-state index contributed by atoms with van der Waals surface area (Å²) < 4.78 is 8.99. The molecule has 1 heterocycles. The highest BCUT2D eigenvalue weighted by Crippen LogP contribution is 2.25. The van der Waals surface area contributed by atoms with E-state index in [1.165, 1.54) is 11.5 Å². The van der Waals surface area contributed by atoms with Gasteiger partial charge in [-0.15, -0.1) is 5.10 Å². The minimum atomic E-state index is 0.693. The van der Waals surface area contributed by atoms with E-state index < -0.39 is 0 Å². The second kappa shape index (κ2) is 6.80. The van der Waals surface area contributed by atoms with E-state index in [1.807, 2.05) is 24.3 Å². The first kappa shape index (κ1) is 13.4. The molecule has 1 N–H and O–H groups in total. The van der Waals surface area contributed by atoms with Gasteiger partial charge in [-0.2, -0.15) is 0 Å². The Morgan fingerprint density at radius 1 is 1.44 bits per heavy atom. The van der Waals surface area contributed by atoms with Crippen LogP contribution in [0.5, 0.6) is 0 Å². The molecule has 0 aliphatic heterocycles. The molecule has 18 heavy (non-hydrogen) atoms. The molecule has 2 rings (SSSR count). The molecule has 1 aromatic carbocycles. The number of halogens is 1. The highest BCUT2D eigenvalue weighted by Gasteiger charge is 2.10. The molecule has 1 aromatic heterocycles. The molecule has 0 atom stereocenters. The molecule has 0 fully saturated rings. The number of nitrogens with zero attached hydrogens (tertiary/aromatic N) is 2. The predicted octanol–water partition coefficient (Wildman–Crippen LogP) is 2.59. The van der Waals surface area contributed by atoms with E-state index >= 15 is 0 Å². The van der Waals surface area contributed by atoms with Crippen molar-refractivity contribution in [1.29, 1.82) is 0 Å². The molecule has 0 saturated carbocycles. The van der Waals surface area contributed by atoms with Crippen LogP contribution in [0.15, 0.2) is 24.3 Å². The van der Waals surface area contributed by atoms with Gasteiger partial charge >= 0.3 is 0 Å². The summed E-state index contributed by atoms with van der Waals surface area (Å²) in [6.07, 6.45) is 0. The third-order valence-corrected chi connectivity index (χ3v) is 3.38. The first-order valence-corrected chi connectivity index (χ1v) is 6.73. The fraction of sp³-hybridized carbons (Fsp3) is 0.333. The number of nitrogens with one attached hydrogen (secondary N) is 1. The van der Waals surface area contributed by atoms with Crippen LogP contribution in [0.2, 0.25) is 5.02 Å². The molecule has 0 spiro atoms. The van der Waals surface area contributed by atoms with Crippen LogP contribution in [0.25, 0.3) is 11.3 Å². The average Bonchev–Trinajstić information content (AvgIpc) is 2.83. The van der Waals surface area contributed by atoms with Crippen LogP contribution in [0.3, 0.4) is 0 Å². The quantitative estimate of drug-likeness (QED) is 0.828. The van der Waals surface area contributed by atoms with Gasteiger partial charge in [-0.25, -0.2) is 0 Å². The zero-order chi connectivity index (χ0) is 12.8. The van der Waals surface area contributed by atoms with Gasteiger partial charge in [0.2, 0.25) is 0 Å². The maximum Gasteiger partial charge on any atom is 0.110 e. The number of methoxy groups -OCH3 is 1. The lowest BCUT2D eigenvalue weighted by atomic mass is 10.1. The molecule has 0 aliphatic carbocycles. The number of aromatic nitrogens is 2. The molecule has 0 aliphatic rings. The van der Waals surface area contributed by atoms with Gasteiger partial charge in [-0.05, 0) is 23.7 Å². The molecule has 2 aromatic rings. The number of benzene rings is 1. The Kier molecular flexibility index (Phi) is 5.07. The summed E-state index contributed by atoms with van der Waals surface area (Å²) in [5, 5.41) is 8.16. The van der Waals surface area contributed by atoms with Crippen molar-refractivity contribution >= 4 is 23.1 Å². The molecule has 0 unspecified atom stereocenters. The third kappa shape index (κ3) is 3.49. The monoisotopic (exact) mass is 283 g/mol. The van der Waals surface area contributed by atoms with E-state index in [0.29, 0.717) is 11.6 Å². The van der Waals surface area contributed by atoms with E-state index in [9.17, 15) is 0 Å². The highest BCUT2D eigenvalue weighted by molar-refractivity contribution is 7.05. The molecule has 0 saturated heterocycles. The molecular formula is C12H14ClN3OS. The fourth-order valence-electron chi connectivity index (χ4n) is 1.56. The van der Waals surface area contributed by atoms with Crippen molar-refractivity contribution < 1.29 is 4.74 Å². The fourth-order valence-corrected chi connectivity index (χ4v) is 2.38. The van der Waals surface area contributed by atoms with E-state index in [1.54, 1.807) is 7.11 Å². The molecule has 0 bridgehead atoms. The molecular weight excluding hydrogens is 270 g/mol. The van der Waals surface area contributed by atoms with Crippen molar-refractivity contribution in [3.8, 4) is 11.3 Å². The largest absolute Gasteiger partial charge is 0.383 e. The Morgan fingerprint density at radius 3 is 3.11 bits per heavy atom. The maximum absolute atomic E-state index is 5.98. The second-order valence-corrected chi connectivity index (χ2v) is 5.00. The first-order chi connectivity index (χ1) is 8.81. The lowest BCUT2D eigenvalue weighted by Gasteiger charge is -2.04. The van der Waals surface area contributed by atoms with Gasteiger partial charge in [0.1, 0.15) is 5.69 Å². The van der Waals surface area contributed by atoms with Crippen LogP contribution in [-0.4, -0.2) is 29.8 Å². The molecule has 4 nitrogen and oxygen atoms in total. The number of hydrogen-bond acceptors (Lipinski definition) is 5.